The van der Waals surface area contributed by atoms with E-state index in [-0.39, 0.29) is 12.2 Å². The molecular weight excluding hydrogens is 285 g/mol. The molecule has 0 spiro atoms. The Morgan fingerprint density at radius 1 is 1.47 bits per heavy atom. The van der Waals surface area contributed by atoms with Gasteiger partial charge in [-0.1, -0.05) is 30.0 Å². The molecule has 0 saturated carbocycles. The number of aryl methyl sites for hydroxylation is 1. The molecule has 0 radical (unpaired) electrons. The fraction of sp³-hybridized carbons (Fsp3) is 0.231. The molecule has 0 atom stereocenters. The lowest BCUT2D eigenvalue weighted by Crippen LogP contribution is -1.99. The molecule has 2 aromatic rings. The SMILES string of the molecule is Cc1nc(SCc2ccccc2F)sc1CC(=O)O. The van der Waals surface area contributed by atoms with Crippen molar-refractivity contribution in [3.8, 4) is 0 Å². The van der Waals surface area contributed by atoms with Gasteiger partial charge in [0.1, 0.15) is 5.82 Å². The summed E-state index contributed by atoms with van der Waals surface area (Å²) < 4.78 is 14.2. The molecule has 0 saturated heterocycles. The number of carbonyl (C=O) groups is 1. The lowest BCUT2D eigenvalue weighted by molar-refractivity contribution is -0.136. The molecule has 1 aromatic carbocycles. The highest BCUT2D eigenvalue weighted by atomic mass is 32.2. The molecule has 0 aliphatic rings. The van der Waals surface area contributed by atoms with Crippen LogP contribution in [0.15, 0.2) is 28.6 Å². The van der Waals surface area contributed by atoms with Crippen LogP contribution in [0.25, 0.3) is 0 Å². The van der Waals surface area contributed by atoms with Gasteiger partial charge in [-0.3, -0.25) is 4.79 Å². The molecule has 1 heterocycles. The Morgan fingerprint density at radius 3 is 2.89 bits per heavy atom. The molecule has 2 rings (SSSR count). The summed E-state index contributed by atoms with van der Waals surface area (Å²) in [5.74, 6) is -0.599. The van der Waals surface area contributed by atoms with Gasteiger partial charge >= 0.3 is 5.97 Å². The van der Waals surface area contributed by atoms with Crippen LogP contribution in [-0.2, 0) is 17.0 Å². The first kappa shape index (κ1) is 14.0. The molecule has 0 bridgehead atoms. The highest BCUT2D eigenvalue weighted by Gasteiger charge is 2.12. The number of aromatic nitrogens is 1. The van der Waals surface area contributed by atoms with Gasteiger partial charge in [0.05, 0.1) is 12.1 Å². The Kier molecular flexibility index (Phi) is 4.55. The number of nitrogens with zero attached hydrogens (tertiary/aromatic N) is 1. The predicted octanol–water partition coefficient (Wildman–Crippen LogP) is 3.51. The number of rotatable bonds is 5. The summed E-state index contributed by atoms with van der Waals surface area (Å²) in [5, 5.41) is 8.77. The third-order valence-electron chi connectivity index (χ3n) is 2.49. The second kappa shape index (κ2) is 6.16. The summed E-state index contributed by atoms with van der Waals surface area (Å²) in [5.41, 5.74) is 1.36. The first-order chi connectivity index (χ1) is 9.06. The van der Waals surface area contributed by atoms with Crippen LogP contribution >= 0.6 is 23.1 Å². The van der Waals surface area contributed by atoms with Gasteiger partial charge in [-0.25, -0.2) is 9.37 Å². The summed E-state index contributed by atoms with van der Waals surface area (Å²) in [7, 11) is 0. The van der Waals surface area contributed by atoms with Crippen LogP contribution in [0.4, 0.5) is 4.39 Å². The second-order valence-electron chi connectivity index (χ2n) is 3.94. The van der Waals surface area contributed by atoms with Crippen molar-refractivity contribution in [3.05, 3.63) is 46.2 Å². The molecule has 19 heavy (non-hydrogen) atoms. The number of benzene rings is 1. The van der Waals surface area contributed by atoms with E-state index in [9.17, 15) is 9.18 Å². The Morgan fingerprint density at radius 2 is 2.21 bits per heavy atom. The van der Waals surface area contributed by atoms with E-state index in [1.807, 2.05) is 0 Å². The number of carboxylic acid groups (broad SMARTS) is 1. The lowest BCUT2D eigenvalue weighted by Gasteiger charge is -2.00. The summed E-state index contributed by atoms with van der Waals surface area (Å²) >= 11 is 2.79. The zero-order valence-electron chi connectivity index (χ0n) is 10.2. The molecule has 100 valence electrons. The minimum absolute atomic E-state index is 0.0102. The third kappa shape index (κ3) is 3.78. The van der Waals surface area contributed by atoms with Crippen LogP contribution in [0.5, 0.6) is 0 Å². The Labute approximate surface area is 118 Å². The van der Waals surface area contributed by atoms with E-state index in [2.05, 4.69) is 4.98 Å². The lowest BCUT2D eigenvalue weighted by atomic mass is 10.2. The summed E-state index contributed by atoms with van der Waals surface area (Å²) in [6, 6.07) is 6.61. The number of hydrogen-bond acceptors (Lipinski definition) is 4. The van der Waals surface area contributed by atoms with E-state index in [1.165, 1.54) is 29.2 Å². The zero-order chi connectivity index (χ0) is 13.8. The summed E-state index contributed by atoms with van der Waals surface area (Å²) in [6.07, 6.45) is -0.0102. The summed E-state index contributed by atoms with van der Waals surface area (Å²) in [6.45, 7) is 1.79. The molecule has 0 unspecified atom stereocenters. The van der Waals surface area contributed by atoms with Crippen LogP contribution in [0.2, 0.25) is 0 Å². The normalized spacial score (nSPS) is 10.6. The van der Waals surface area contributed by atoms with Gasteiger partial charge in [-0.15, -0.1) is 11.3 Å². The second-order valence-corrected chi connectivity index (χ2v) is 6.25. The highest BCUT2D eigenvalue weighted by Crippen LogP contribution is 2.30. The van der Waals surface area contributed by atoms with Gasteiger partial charge in [0.25, 0.3) is 0 Å². The van der Waals surface area contributed by atoms with Crippen molar-refractivity contribution in [2.45, 2.75) is 23.4 Å². The molecule has 0 amide bonds. The van der Waals surface area contributed by atoms with Gasteiger partial charge in [0, 0.05) is 10.6 Å². The van der Waals surface area contributed by atoms with Crippen molar-refractivity contribution in [2.75, 3.05) is 0 Å². The van der Waals surface area contributed by atoms with E-state index >= 15 is 0 Å². The predicted molar refractivity (Wildman–Crippen MR) is 74.2 cm³/mol. The van der Waals surface area contributed by atoms with Crippen molar-refractivity contribution in [3.63, 3.8) is 0 Å². The fourth-order valence-electron chi connectivity index (χ4n) is 1.52. The van der Waals surface area contributed by atoms with Crippen LogP contribution in [0.1, 0.15) is 16.1 Å². The molecule has 6 heteroatoms. The van der Waals surface area contributed by atoms with Crippen LogP contribution in [0.3, 0.4) is 0 Å². The van der Waals surface area contributed by atoms with Crippen molar-refractivity contribution in [1.82, 2.24) is 4.98 Å². The van der Waals surface area contributed by atoms with E-state index in [1.54, 1.807) is 25.1 Å². The molecular formula is C13H12FNO2S2. The number of hydrogen-bond donors (Lipinski definition) is 1. The number of thioether (sulfide) groups is 1. The first-order valence-electron chi connectivity index (χ1n) is 5.60. The molecule has 3 nitrogen and oxygen atoms in total. The monoisotopic (exact) mass is 297 g/mol. The number of halogens is 1. The van der Waals surface area contributed by atoms with Crippen molar-refractivity contribution in [1.29, 1.82) is 0 Å². The minimum atomic E-state index is -0.864. The van der Waals surface area contributed by atoms with Gasteiger partial charge in [0.2, 0.25) is 0 Å². The summed E-state index contributed by atoms with van der Waals surface area (Å²) in [4.78, 5) is 15.7. The maximum atomic E-state index is 13.4. The van der Waals surface area contributed by atoms with Gasteiger partial charge in [0.15, 0.2) is 4.34 Å². The third-order valence-corrected chi connectivity index (χ3v) is 4.84. The number of aliphatic carboxylic acids is 1. The highest BCUT2D eigenvalue weighted by molar-refractivity contribution is 8.00. The molecule has 0 aliphatic heterocycles. The molecule has 1 N–H and O–H groups in total. The molecule has 0 fully saturated rings. The van der Waals surface area contributed by atoms with Crippen molar-refractivity contribution >= 4 is 29.1 Å². The molecule has 0 aliphatic carbocycles. The van der Waals surface area contributed by atoms with Crippen LogP contribution < -0.4 is 0 Å². The maximum absolute atomic E-state index is 13.4. The van der Waals surface area contributed by atoms with Gasteiger partial charge < -0.3 is 5.11 Å². The van der Waals surface area contributed by atoms with Crippen LogP contribution in [0, 0.1) is 12.7 Å². The first-order valence-corrected chi connectivity index (χ1v) is 7.41. The zero-order valence-corrected chi connectivity index (χ0v) is 11.9. The smallest absolute Gasteiger partial charge is 0.308 e. The van der Waals surface area contributed by atoms with E-state index in [4.69, 9.17) is 5.11 Å². The fourth-order valence-corrected chi connectivity index (χ4v) is 3.73. The van der Waals surface area contributed by atoms with Crippen LogP contribution in [-0.4, -0.2) is 16.1 Å². The number of carboxylic acids is 1. The largest absolute Gasteiger partial charge is 0.481 e. The average molecular weight is 297 g/mol. The Hall–Kier alpha value is -1.40. The van der Waals surface area contributed by atoms with E-state index in [0.717, 1.165) is 14.9 Å². The van der Waals surface area contributed by atoms with Gasteiger partial charge in [-0.2, -0.15) is 0 Å². The average Bonchev–Trinajstić information content (AvgIpc) is 2.68. The van der Waals surface area contributed by atoms with Crippen molar-refractivity contribution in [2.24, 2.45) is 0 Å². The van der Waals surface area contributed by atoms with Gasteiger partial charge in [-0.05, 0) is 18.6 Å². The maximum Gasteiger partial charge on any atom is 0.308 e. The topological polar surface area (TPSA) is 50.2 Å². The van der Waals surface area contributed by atoms with E-state index < -0.39 is 5.97 Å². The van der Waals surface area contributed by atoms with Crippen molar-refractivity contribution < 1.29 is 14.3 Å². The standard InChI is InChI=1S/C13H12FNO2S2/c1-8-11(6-12(16)17)19-13(15-8)18-7-9-4-2-3-5-10(9)14/h2-5H,6-7H2,1H3,(H,16,17). The molecule has 1 aromatic heterocycles. The Bertz CT molecular complexity index is 598. The van der Waals surface area contributed by atoms with E-state index in [0.29, 0.717) is 11.3 Å². The Balaban J connectivity index is 2.04. The number of thiazole rings is 1. The minimum Gasteiger partial charge on any atom is -0.481 e. The quantitative estimate of drug-likeness (QED) is 0.858.